The zero-order chi connectivity index (χ0) is 18.2. The zero-order valence-electron chi connectivity index (χ0n) is 16.8. The predicted molar refractivity (Wildman–Crippen MR) is 115 cm³/mol. The van der Waals surface area contributed by atoms with Crippen molar-refractivity contribution in [2.45, 2.75) is 70.6 Å². The van der Waals surface area contributed by atoms with E-state index in [9.17, 15) is 0 Å². The lowest BCUT2D eigenvalue weighted by molar-refractivity contribution is 0.383. The van der Waals surface area contributed by atoms with Crippen LogP contribution in [0.15, 0.2) is 70.9 Å². The number of hydrogen-bond acceptors (Lipinski definition) is 0. The van der Waals surface area contributed by atoms with Crippen LogP contribution in [0.4, 0.5) is 0 Å². The molecule has 0 N–H and O–H groups in total. The third-order valence-corrected chi connectivity index (χ3v) is 7.82. The van der Waals surface area contributed by atoms with Crippen LogP contribution in [-0.4, -0.2) is 0 Å². The second-order valence-corrected chi connectivity index (χ2v) is 9.48. The highest BCUT2D eigenvalue weighted by atomic mass is 14.4. The zero-order valence-corrected chi connectivity index (χ0v) is 16.8. The maximum atomic E-state index is 4.74. The van der Waals surface area contributed by atoms with Gasteiger partial charge < -0.3 is 0 Å². The summed E-state index contributed by atoms with van der Waals surface area (Å²) < 4.78 is 0. The minimum atomic E-state index is 0.617. The summed E-state index contributed by atoms with van der Waals surface area (Å²) in [5, 5.41) is 0. The number of hydrogen-bond donors (Lipinski definition) is 0. The van der Waals surface area contributed by atoms with Crippen LogP contribution in [0.2, 0.25) is 0 Å². The Morgan fingerprint density at radius 3 is 2.22 bits per heavy atom. The Morgan fingerprint density at radius 1 is 0.778 bits per heavy atom. The van der Waals surface area contributed by atoms with Gasteiger partial charge in [0.2, 0.25) is 0 Å². The largest absolute Gasteiger partial charge is 0.0912 e. The molecule has 0 heteroatoms. The highest BCUT2D eigenvalue weighted by Gasteiger charge is 2.36. The Labute approximate surface area is 165 Å². The second-order valence-electron chi connectivity index (χ2n) is 9.48. The number of allylic oxidation sites excluding steroid dienone is 11. The van der Waals surface area contributed by atoms with Crippen molar-refractivity contribution in [1.82, 2.24) is 0 Å². The van der Waals surface area contributed by atoms with Gasteiger partial charge in [-0.2, -0.15) is 0 Å². The molecule has 2 fully saturated rings. The first kappa shape index (κ1) is 17.5. The summed E-state index contributed by atoms with van der Waals surface area (Å²) in [6.45, 7) is 4.74. The van der Waals surface area contributed by atoms with E-state index >= 15 is 0 Å². The van der Waals surface area contributed by atoms with Crippen molar-refractivity contribution in [2.24, 2.45) is 23.7 Å². The van der Waals surface area contributed by atoms with Gasteiger partial charge in [-0.3, -0.25) is 0 Å². The van der Waals surface area contributed by atoms with Crippen molar-refractivity contribution < 1.29 is 0 Å². The van der Waals surface area contributed by atoms with Crippen LogP contribution in [0.25, 0.3) is 0 Å². The second kappa shape index (κ2) is 7.46. The molecule has 0 aromatic heterocycles. The van der Waals surface area contributed by atoms with Crippen molar-refractivity contribution in [3.05, 3.63) is 70.9 Å². The van der Waals surface area contributed by atoms with Crippen LogP contribution in [0.3, 0.4) is 0 Å². The van der Waals surface area contributed by atoms with Gasteiger partial charge >= 0.3 is 0 Å². The molecule has 0 spiro atoms. The molecule has 2 atom stereocenters. The van der Waals surface area contributed by atoms with Crippen molar-refractivity contribution in [2.75, 3.05) is 0 Å². The lowest BCUT2D eigenvalue weighted by Gasteiger charge is -2.40. The summed E-state index contributed by atoms with van der Waals surface area (Å²) in [5.41, 5.74) is 7.93. The first-order valence-electron chi connectivity index (χ1n) is 11.5. The topological polar surface area (TPSA) is 0 Å². The van der Waals surface area contributed by atoms with Gasteiger partial charge in [-0.15, -0.1) is 0 Å². The van der Waals surface area contributed by atoms with E-state index in [1.54, 1.807) is 16.7 Å². The van der Waals surface area contributed by atoms with Crippen LogP contribution < -0.4 is 0 Å². The van der Waals surface area contributed by atoms with Crippen molar-refractivity contribution in [1.29, 1.82) is 0 Å². The summed E-state index contributed by atoms with van der Waals surface area (Å²) in [6.07, 6.45) is 29.7. The molecule has 0 radical (unpaired) electrons. The lowest BCUT2D eigenvalue weighted by atomic mass is 9.64. The van der Waals surface area contributed by atoms with Crippen LogP contribution in [0.5, 0.6) is 0 Å². The average Bonchev–Trinajstić information content (AvgIpc) is 2.73. The SMILES string of the molecule is C=C1C(C2CCCCC2)=CC2CC3C=CC=CC3=CC2=C1C1CCCCC1. The molecular formula is C27H34. The molecule has 5 aliphatic rings. The van der Waals surface area contributed by atoms with Gasteiger partial charge in [-0.1, -0.05) is 81.6 Å². The van der Waals surface area contributed by atoms with Gasteiger partial charge in [0.25, 0.3) is 0 Å². The molecule has 5 aliphatic carbocycles. The fourth-order valence-electron chi connectivity index (χ4n) is 6.41. The first-order valence-corrected chi connectivity index (χ1v) is 11.5. The maximum absolute atomic E-state index is 4.74. The van der Waals surface area contributed by atoms with Crippen molar-refractivity contribution >= 4 is 0 Å². The van der Waals surface area contributed by atoms with Crippen LogP contribution in [-0.2, 0) is 0 Å². The van der Waals surface area contributed by atoms with Crippen LogP contribution in [0.1, 0.15) is 70.6 Å². The highest BCUT2D eigenvalue weighted by molar-refractivity contribution is 5.60. The van der Waals surface area contributed by atoms with E-state index in [1.807, 2.05) is 0 Å². The molecule has 27 heavy (non-hydrogen) atoms. The molecule has 2 unspecified atom stereocenters. The Bertz CT molecular complexity index is 754. The number of fused-ring (bicyclic) bond motifs is 2. The standard InChI is InChI=1S/C27H34/c1-19-25(20-10-4-2-5-11-20)18-24-16-22-14-8-9-15-23(22)17-26(24)27(19)21-12-6-3-7-13-21/h8-9,14-15,17-18,20-22,24H,1-7,10-13,16H2. The fraction of sp³-hybridized carbons (Fsp3) is 0.556. The molecule has 5 rings (SSSR count). The molecule has 0 saturated heterocycles. The molecule has 0 nitrogen and oxygen atoms in total. The summed E-state index contributed by atoms with van der Waals surface area (Å²) in [6, 6.07) is 0. The van der Waals surface area contributed by atoms with E-state index in [2.05, 4.69) is 36.5 Å². The molecule has 142 valence electrons. The summed E-state index contributed by atoms with van der Waals surface area (Å²) in [7, 11) is 0. The van der Waals surface area contributed by atoms with E-state index in [0.717, 1.165) is 11.8 Å². The van der Waals surface area contributed by atoms with Gasteiger partial charge in [0.15, 0.2) is 0 Å². The van der Waals surface area contributed by atoms with E-state index in [1.165, 1.54) is 81.8 Å². The molecular weight excluding hydrogens is 324 g/mol. The molecule has 0 aliphatic heterocycles. The van der Waals surface area contributed by atoms with E-state index in [4.69, 9.17) is 6.58 Å². The summed E-state index contributed by atoms with van der Waals surface area (Å²) in [4.78, 5) is 0. The quantitative estimate of drug-likeness (QED) is 0.476. The van der Waals surface area contributed by atoms with Gasteiger partial charge in [-0.05, 0) is 71.8 Å². The Balaban J connectivity index is 1.56. The minimum Gasteiger partial charge on any atom is -0.0912 e. The summed E-state index contributed by atoms with van der Waals surface area (Å²) >= 11 is 0. The van der Waals surface area contributed by atoms with Gasteiger partial charge in [0.1, 0.15) is 0 Å². The molecule has 0 aromatic rings. The predicted octanol–water partition coefficient (Wildman–Crippen LogP) is 7.63. The Kier molecular flexibility index (Phi) is 4.84. The molecule has 0 amide bonds. The van der Waals surface area contributed by atoms with Crippen LogP contribution >= 0.6 is 0 Å². The monoisotopic (exact) mass is 358 g/mol. The average molecular weight is 359 g/mol. The van der Waals surface area contributed by atoms with Crippen molar-refractivity contribution in [3.63, 3.8) is 0 Å². The minimum absolute atomic E-state index is 0.617. The molecule has 2 saturated carbocycles. The van der Waals surface area contributed by atoms with Gasteiger partial charge in [-0.25, -0.2) is 0 Å². The normalized spacial score (nSPS) is 32.1. The Morgan fingerprint density at radius 2 is 1.48 bits per heavy atom. The van der Waals surface area contributed by atoms with Gasteiger partial charge in [0, 0.05) is 11.8 Å². The lowest BCUT2D eigenvalue weighted by Crippen LogP contribution is -2.26. The van der Waals surface area contributed by atoms with E-state index in [0.29, 0.717) is 11.8 Å². The van der Waals surface area contributed by atoms with Gasteiger partial charge in [0.05, 0.1) is 0 Å². The first-order chi connectivity index (χ1) is 13.3. The smallest absolute Gasteiger partial charge is 0.00360 e. The maximum Gasteiger partial charge on any atom is 0.00360 e. The Hall–Kier alpha value is -1.56. The number of rotatable bonds is 2. The highest BCUT2D eigenvalue weighted by Crippen LogP contribution is 2.50. The molecule has 0 heterocycles. The molecule has 0 aromatic carbocycles. The fourth-order valence-corrected chi connectivity index (χ4v) is 6.41. The van der Waals surface area contributed by atoms with E-state index < -0.39 is 0 Å². The van der Waals surface area contributed by atoms with Crippen LogP contribution in [0, 0.1) is 23.7 Å². The summed E-state index contributed by atoms with van der Waals surface area (Å²) in [5.74, 6) is 2.77. The van der Waals surface area contributed by atoms with Crippen molar-refractivity contribution in [3.8, 4) is 0 Å². The molecule has 0 bridgehead atoms. The third kappa shape index (κ3) is 3.26. The third-order valence-electron chi connectivity index (χ3n) is 7.82. The van der Waals surface area contributed by atoms with E-state index in [-0.39, 0.29) is 0 Å².